The fourth-order valence-electron chi connectivity index (χ4n) is 6.03. The number of hydrogen-bond donors (Lipinski definition) is 2. The van der Waals surface area contributed by atoms with Gasteiger partial charge >= 0.3 is 5.97 Å². The van der Waals surface area contributed by atoms with E-state index in [9.17, 15) is 9.90 Å². The Balaban J connectivity index is 1.18. The van der Waals surface area contributed by atoms with E-state index in [2.05, 4.69) is 6.92 Å². The summed E-state index contributed by atoms with van der Waals surface area (Å²) in [6.45, 7) is 2.75. The molecule has 0 bridgehead atoms. The quantitative estimate of drug-likeness (QED) is 0.0905. The van der Waals surface area contributed by atoms with Crippen LogP contribution in [0, 0.1) is 5.41 Å². The van der Waals surface area contributed by atoms with Gasteiger partial charge in [0.1, 0.15) is 24.7 Å². The Bertz CT molecular complexity index is 1930. The molecule has 0 aliphatic rings. The van der Waals surface area contributed by atoms with Crippen LogP contribution in [0.15, 0.2) is 121 Å². The lowest BCUT2D eigenvalue weighted by molar-refractivity contribution is -0.142. The van der Waals surface area contributed by atoms with E-state index >= 15 is 0 Å². The minimum absolute atomic E-state index is 0.0601. The first kappa shape index (κ1) is 33.3. The summed E-state index contributed by atoms with van der Waals surface area (Å²) in [4.78, 5) is 21.1. The van der Waals surface area contributed by atoms with E-state index < -0.39 is 17.5 Å². The molecule has 0 aliphatic carbocycles. The lowest BCUT2D eigenvalue weighted by Gasteiger charge is -2.32. The maximum absolute atomic E-state index is 11.7. The average molecular weight is 654 g/mol. The predicted molar refractivity (Wildman–Crippen MR) is 191 cm³/mol. The van der Waals surface area contributed by atoms with Crippen molar-refractivity contribution in [3.8, 4) is 11.5 Å². The van der Waals surface area contributed by atoms with Crippen LogP contribution in [0.4, 0.5) is 0 Å². The van der Waals surface area contributed by atoms with Crippen LogP contribution in [-0.2, 0) is 28.2 Å². The van der Waals surface area contributed by atoms with Crippen LogP contribution in [0.2, 0.25) is 0 Å². The van der Waals surface area contributed by atoms with Gasteiger partial charge in [0.25, 0.3) is 0 Å². The first-order valence-corrected chi connectivity index (χ1v) is 16.3. The predicted octanol–water partition coefficient (Wildman–Crippen LogP) is 7.97. The Morgan fingerprint density at radius 3 is 1.63 bits per heavy atom. The van der Waals surface area contributed by atoms with Crippen molar-refractivity contribution in [3.05, 3.63) is 144 Å². The van der Waals surface area contributed by atoms with Gasteiger partial charge in [-0.2, -0.15) is 0 Å². The average Bonchev–Trinajstić information content (AvgIpc) is 3.13. The number of para-hydroxylation sites is 2. The molecule has 2 heterocycles. The largest absolute Gasteiger partial charge is 0.487 e. The van der Waals surface area contributed by atoms with E-state index in [1.807, 2.05) is 121 Å². The molecule has 4 aromatic carbocycles. The van der Waals surface area contributed by atoms with E-state index in [4.69, 9.17) is 29.6 Å². The van der Waals surface area contributed by atoms with Gasteiger partial charge in [-0.05, 0) is 66.1 Å². The minimum atomic E-state index is -0.997. The third-order valence-corrected chi connectivity index (χ3v) is 8.75. The molecule has 6 aromatic rings. The minimum Gasteiger partial charge on any atom is -0.487 e. The van der Waals surface area contributed by atoms with E-state index in [0.717, 1.165) is 44.3 Å². The van der Waals surface area contributed by atoms with Crippen molar-refractivity contribution < 1.29 is 24.1 Å². The zero-order valence-corrected chi connectivity index (χ0v) is 27.6. The molecule has 0 saturated heterocycles. The highest BCUT2D eigenvalue weighted by Crippen LogP contribution is 2.38. The van der Waals surface area contributed by atoms with E-state index in [1.165, 1.54) is 7.11 Å². The summed E-state index contributed by atoms with van der Waals surface area (Å²) in [6.07, 6.45) is -0.771. The Hall–Kier alpha value is -5.60. The number of aliphatic hydroxyl groups excluding tert-OH is 1. The first-order valence-electron chi connectivity index (χ1n) is 16.3. The molecule has 8 nitrogen and oxygen atoms in total. The molecule has 0 radical (unpaired) electrons. The molecule has 248 valence electrons. The molecular formula is C41H39N3O5. The molecule has 8 heteroatoms. The van der Waals surface area contributed by atoms with Gasteiger partial charge in [-0.1, -0.05) is 79.7 Å². The zero-order chi connectivity index (χ0) is 34.2. The second-order valence-electron chi connectivity index (χ2n) is 12.4. The van der Waals surface area contributed by atoms with Crippen molar-refractivity contribution in [1.82, 2.24) is 9.97 Å². The molecule has 1 unspecified atom stereocenters. The Morgan fingerprint density at radius 1 is 0.694 bits per heavy atom. The van der Waals surface area contributed by atoms with Gasteiger partial charge in [0.2, 0.25) is 0 Å². The van der Waals surface area contributed by atoms with Crippen molar-refractivity contribution >= 4 is 33.5 Å². The molecule has 0 amide bonds. The SMILES string of the molecule is COC(=O)CC(O)CC(=N)CC(C)(c1ccc(OCc2ccc3ccccc3n2)cc1)c1ccc(OCc2ccc3ccccc3n2)cc1. The summed E-state index contributed by atoms with van der Waals surface area (Å²) in [5.74, 6) is 0.901. The maximum atomic E-state index is 11.7. The number of nitrogens with one attached hydrogen (secondary N) is 1. The number of aromatic nitrogens is 2. The topological polar surface area (TPSA) is 115 Å². The third kappa shape index (κ3) is 8.28. The first-order chi connectivity index (χ1) is 23.8. The number of pyridine rings is 2. The van der Waals surface area contributed by atoms with Crippen LogP contribution in [0.5, 0.6) is 11.5 Å². The number of ether oxygens (including phenoxy) is 3. The lowest BCUT2D eigenvalue weighted by Crippen LogP contribution is -2.29. The van der Waals surface area contributed by atoms with Crippen molar-refractivity contribution in [2.45, 2.75) is 50.9 Å². The summed E-state index contributed by atoms with van der Waals surface area (Å²) >= 11 is 0. The molecule has 0 aliphatic heterocycles. The van der Waals surface area contributed by atoms with Gasteiger partial charge in [-0.25, -0.2) is 9.97 Å². The smallest absolute Gasteiger partial charge is 0.308 e. The van der Waals surface area contributed by atoms with Gasteiger partial charge in [0.05, 0.1) is 42.1 Å². The number of carbonyl (C=O) groups is 1. The molecule has 6 rings (SSSR count). The molecule has 1 atom stereocenters. The highest BCUT2D eigenvalue weighted by Gasteiger charge is 2.31. The Kier molecular flexibility index (Phi) is 10.3. The van der Waals surface area contributed by atoms with Gasteiger partial charge in [0, 0.05) is 28.3 Å². The number of hydrogen-bond acceptors (Lipinski definition) is 8. The number of nitrogens with zero attached hydrogens (tertiary/aromatic N) is 2. The summed E-state index contributed by atoms with van der Waals surface area (Å²) < 4.78 is 16.9. The summed E-state index contributed by atoms with van der Waals surface area (Å²) in [5.41, 5.74) is 5.18. The number of methoxy groups -OCH3 is 1. The summed E-state index contributed by atoms with van der Waals surface area (Å²) in [7, 11) is 1.29. The summed E-state index contributed by atoms with van der Waals surface area (Å²) in [5, 5.41) is 21.5. The lowest BCUT2D eigenvalue weighted by atomic mass is 9.72. The van der Waals surface area contributed by atoms with Crippen molar-refractivity contribution in [2.75, 3.05) is 7.11 Å². The number of esters is 1. The zero-order valence-electron chi connectivity index (χ0n) is 27.6. The van der Waals surface area contributed by atoms with Crippen LogP contribution in [0.1, 0.15) is 48.7 Å². The number of rotatable bonds is 14. The van der Waals surface area contributed by atoms with Crippen LogP contribution >= 0.6 is 0 Å². The monoisotopic (exact) mass is 653 g/mol. The molecule has 2 aromatic heterocycles. The highest BCUT2D eigenvalue weighted by atomic mass is 16.5. The number of benzene rings is 4. The normalized spacial score (nSPS) is 12.1. The van der Waals surface area contributed by atoms with Crippen LogP contribution in [0.3, 0.4) is 0 Å². The maximum Gasteiger partial charge on any atom is 0.308 e. The molecular weight excluding hydrogens is 614 g/mol. The number of fused-ring (bicyclic) bond motifs is 2. The van der Waals surface area contributed by atoms with Gasteiger partial charge < -0.3 is 24.7 Å². The van der Waals surface area contributed by atoms with Gasteiger partial charge in [0.15, 0.2) is 0 Å². The highest BCUT2D eigenvalue weighted by molar-refractivity contribution is 5.84. The van der Waals surface area contributed by atoms with E-state index in [1.54, 1.807) is 0 Å². The molecule has 0 fully saturated rings. The number of aliphatic hydroxyl groups is 1. The van der Waals surface area contributed by atoms with E-state index in [-0.39, 0.29) is 12.8 Å². The van der Waals surface area contributed by atoms with Gasteiger partial charge in [-0.3, -0.25) is 4.79 Å². The summed E-state index contributed by atoms with van der Waals surface area (Å²) in [6, 6.07) is 39.8. The van der Waals surface area contributed by atoms with Crippen LogP contribution < -0.4 is 9.47 Å². The fourth-order valence-corrected chi connectivity index (χ4v) is 6.03. The molecule has 0 spiro atoms. The van der Waals surface area contributed by atoms with E-state index in [0.29, 0.717) is 36.8 Å². The Morgan fingerprint density at radius 2 is 1.16 bits per heavy atom. The van der Waals surface area contributed by atoms with Crippen molar-refractivity contribution in [1.29, 1.82) is 5.41 Å². The second kappa shape index (κ2) is 15.1. The third-order valence-electron chi connectivity index (χ3n) is 8.75. The molecule has 49 heavy (non-hydrogen) atoms. The second-order valence-corrected chi connectivity index (χ2v) is 12.4. The van der Waals surface area contributed by atoms with Crippen molar-refractivity contribution in [2.24, 2.45) is 0 Å². The van der Waals surface area contributed by atoms with Crippen molar-refractivity contribution in [3.63, 3.8) is 0 Å². The molecule has 0 saturated carbocycles. The van der Waals surface area contributed by atoms with Crippen LogP contribution in [-0.4, -0.2) is 40.0 Å². The standard InChI is InChI=1S/C41H39N3O5/c1-41(25-32(42)23-35(45)24-40(46)47-2,30-13-19-36(20-14-30)48-26-33-17-11-28-7-3-5-9-38(28)43-33)31-15-21-37(22-16-31)49-27-34-18-12-29-8-4-6-10-39(29)44-34/h3-22,35,42,45H,23-27H2,1-2H3. The van der Waals surface area contributed by atoms with Crippen LogP contribution in [0.25, 0.3) is 21.8 Å². The number of carbonyl (C=O) groups excluding carboxylic acids is 1. The molecule has 2 N–H and O–H groups in total. The van der Waals surface area contributed by atoms with Gasteiger partial charge in [-0.15, -0.1) is 0 Å². The fraction of sp³-hybridized carbons (Fsp3) is 0.220. The Labute approximate surface area is 285 Å².